The molecule has 0 saturated carbocycles. The number of aromatic nitrogens is 2. The van der Waals surface area contributed by atoms with Crippen LogP contribution in [-0.4, -0.2) is 59.0 Å². The summed E-state index contributed by atoms with van der Waals surface area (Å²) in [6.45, 7) is 3.28. The molecule has 0 spiro atoms. The Bertz CT molecular complexity index is 1370. The van der Waals surface area contributed by atoms with Crippen molar-refractivity contribution in [3.05, 3.63) is 58.9 Å². The first-order valence-corrected chi connectivity index (χ1v) is 12.7. The number of aryl methyl sites for hydroxylation is 2. The van der Waals surface area contributed by atoms with E-state index < -0.39 is 43.0 Å². The van der Waals surface area contributed by atoms with Gasteiger partial charge in [0.15, 0.2) is 0 Å². The Morgan fingerprint density at radius 3 is 2.63 bits per heavy atom. The van der Waals surface area contributed by atoms with E-state index in [4.69, 9.17) is 14.5 Å². The molecular formula is C28H31F2N3O5. The van der Waals surface area contributed by atoms with E-state index in [0.29, 0.717) is 41.0 Å². The molecular weight excluding hydrogens is 496 g/mol. The molecule has 3 heterocycles. The minimum atomic E-state index is -3.01. The normalized spacial score (nSPS) is 21.7. The zero-order chi connectivity index (χ0) is 27.2. The quantitative estimate of drug-likeness (QED) is 0.487. The second-order valence-corrected chi connectivity index (χ2v) is 10.3. The number of hydrogen-bond donors (Lipinski definition) is 1. The Balaban J connectivity index is 1.66. The maximum absolute atomic E-state index is 14.5. The van der Waals surface area contributed by atoms with Crippen LogP contribution < -0.4 is 4.90 Å². The number of amides is 1. The average Bonchev–Trinajstić information content (AvgIpc) is 3.25. The number of fused-ring (bicyclic) bond motifs is 3. The molecule has 3 aromatic rings. The lowest BCUT2D eigenvalue weighted by atomic mass is 9.94. The summed E-state index contributed by atoms with van der Waals surface area (Å²) >= 11 is 0. The molecule has 8 nitrogen and oxygen atoms in total. The molecule has 2 aliphatic heterocycles. The van der Waals surface area contributed by atoms with Crippen molar-refractivity contribution in [2.75, 3.05) is 25.2 Å². The third kappa shape index (κ3) is 4.73. The number of carbonyl (C=O) groups excluding carboxylic acids is 1. The highest BCUT2D eigenvalue weighted by Gasteiger charge is 2.40. The van der Waals surface area contributed by atoms with E-state index in [-0.39, 0.29) is 19.1 Å². The Morgan fingerprint density at radius 2 is 1.97 bits per heavy atom. The fourth-order valence-electron chi connectivity index (χ4n) is 5.68. The maximum atomic E-state index is 14.5. The van der Waals surface area contributed by atoms with Crippen LogP contribution in [-0.2, 0) is 27.1 Å². The number of alkyl halides is 2. The molecule has 1 fully saturated rings. The monoisotopic (exact) mass is 527 g/mol. The number of aliphatic carboxylic acids is 1. The van der Waals surface area contributed by atoms with E-state index in [1.165, 1.54) is 7.11 Å². The van der Waals surface area contributed by atoms with Crippen molar-refractivity contribution in [3.8, 4) is 0 Å². The van der Waals surface area contributed by atoms with E-state index >= 15 is 0 Å². The zero-order valence-electron chi connectivity index (χ0n) is 21.6. The minimum absolute atomic E-state index is 0.0149. The molecule has 5 rings (SSSR count). The highest BCUT2D eigenvalue weighted by atomic mass is 19.3. The van der Waals surface area contributed by atoms with Gasteiger partial charge < -0.3 is 19.1 Å². The number of carbonyl (C=O) groups is 2. The van der Waals surface area contributed by atoms with Gasteiger partial charge in [0.05, 0.1) is 42.4 Å². The summed E-state index contributed by atoms with van der Waals surface area (Å²) in [5.74, 6) is -4.55. The molecule has 1 N–H and O–H groups in total. The molecule has 202 valence electrons. The van der Waals surface area contributed by atoms with E-state index in [0.717, 1.165) is 11.1 Å². The number of anilines is 1. The molecule has 38 heavy (non-hydrogen) atoms. The van der Waals surface area contributed by atoms with Crippen molar-refractivity contribution in [1.82, 2.24) is 9.55 Å². The topological polar surface area (TPSA) is 93.9 Å². The lowest BCUT2D eigenvalue weighted by Crippen LogP contribution is -2.42. The second-order valence-electron chi connectivity index (χ2n) is 10.3. The van der Waals surface area contributed by atoms with Crippen LogP contribution in [0.15, 0.2) is 36.4 Å². The number of methoxy groups -OCH3 is 1. The first-order chi connectivity index (χ1) is 18.1. The zero-order valence-corrected chi connectivity index (χ0v) is 21.6. The first kappa shape index (κ1) is 26.1. The molecule has 0 unspecified atom stereocenters. The summed E-state index contributed by atoms with van der Waals surface area (Å²) in [5, 5.41) is 10.1. The molecule has 3 atom stereocenters. The molecule has 1 saturated heterocycles. The SMILES string of the molecule is COC(=O)N1c2ccc3c(nc(C[C@H](C(=O)O)c4ccc(C)cc4)n3[C@@H]3COCC(F)(F)C3)c2CC[C@@H]1C. The van der Waals surface area contributed by atoms with Gasteiger partial charge in [0.25, 0.3) is 5.92 Å². The van der Waals surface area contributed by atoms with Gasteiger partial charge in [-0.25, -0.2) is 18.6 Å². The van der Waals surface area contributed by atoms with Crippen molar-refractivity contribution >= 4 is 28.8 Å². The summed E-state index contributed by atoms with van der Waals surface area (Å²) < 4.78 is 40.9. The Hall–Kier alpha value is -3.53. The van der Waals surface area contributed by atoms with Crippen molar-refractivity contribution in [3.63, 3.8) is 0 Å². The van der Waals surface area contributed by atoms with Crippen LogP contribution in [0.3, 0.4) is 0 Å². The standard InChI is InChI=1S/C28H31F2N3O5/c1-16-4-7-18(8-5-16)21(26(34)35)12-24-31-25-20-9-6-17(2)32(27(36)37-3)22(20)10-11-23(25)33(24)19-13-28(29,30)15-38-14-19/h4-5,7-8,10-11,17,19,21H,6,9,12-15H2,1-3H3,(H,34,35)/t17-,19-,21-/m0/s1. The van der Waals surface area contributed by atoms with E-state index in [9.17, 15) is 23.5 Å². The van der Waals surface area contributed by atoms with Gasteiger partial charge in [-0.3, -0.25) is 9.69 Å². The highest BCUT2D eigenvalue weighted by molar-refractivity contribution is 5.95. The van der Waals surface area contributed by atoms with Crippen molar-refractivity contribution in [2.24, 2.45) is 0 Å². The second kappa shape index (κ2) is 9.98. The van der Waals surface area contributed by atoms with Crippen molar-refractivity contribution in [2.45, 2.75) is 63.5 Å². The summed E-state index contributed by atoms with van der Waals surface area (Å²) in [6, 6.07) is 10.0. The minimum Gasteiger partial charge on any atom is -0.481 e. The molecule has 2 aliphatic rings. The van der Waals surface area contributed by atoms with Gasteiger partial charge in [-0.2, -0.15) is 0 Å². The van der Waals surface area contributed by atoms with Gasteiger partial charge in [0, 0.05) is 24.4 Å². The molecule has 10 heteroatoms. The number of rotatable bonds is 5. The smallest absolute Gasteiger partial charge is 0.414 e. The summed E-state index contributed by atoms with van der Waals surface area (Å²) in [4.78, 5) is 31.4. The van der Waals surface area contributed by atoms with Crippen LogP contribution in [0.1, 0.15) is 54.2 Å². The van der Waals surface area contributed by atoms with Crippen LogP contribution in [0.5, 0.6) is 0 Å². The van der Waals surface area contributed by atoms with E-state index in [1.807, 2.05) is 26.0 Å². The maximum Gasteiger partial charge on any atom is 0.414 e. The van der Waals surface area contributed by atoms with Crippen LogP contribution >= 0.6 is 0 Å². The van der Waals surface area contributed by atoms with Gasteiger partial charge >= 0.3 is 12.1 Å². The Labute approximate surface area is 219 Å². The van der Waals surface area contributed by atoms with Crippen LogP contribution in [0.4, 0.5) is 19.3 Å². The van der Waals surface area contributed by atoms with E-state index in [2.05, 4.69) is 0 Å². The molecule has 1 amide bonds. The van der Waals surface area contributed by atoms with Gasteiger partial charge in [-0.1, -0.05) is 29.8 Å². The average molecular weight is 528 g/mol. The largest absolute Gasteiger partial charge is 0.481 e. The van der Waals surface area contributed by atoms with Crippen LogP contribution in [0.25, 0.3) is 11.0 Å². The number of imidazole rings is 1. The highest BCUT2D eigenvalue weighted by Crippen LogP contribution is 2.40. The fraction of sp³-hybridized carbons (Fsp3) is 0.464. The number of halogens is 2. The lowest BCUT2D eigenvalue weighted by molar-refractivity contribution is -0.139. The van der Waals surface area contributed by atoms with Crippen LogP contribution in [0.2, 0.25) is 0 Å². The van der Waals surface area contributed by atoms with Crippen LogP contribution in [0, 0.1) is 6.92 Å². The third-order valence-corrected chi connectivity index (χ3v) is 7.59. The lowest BCUT2D eigenvalue weighted by Gasteiger charge is -2.34. The summed E-state index contributed by atoms with van der Waals surface area (Å²) in [6.07, 6.45) is 0.407. The number of benzene rings is 2. The predicted molar refractivity (Wildman–Crippen MR) is 137 cm³/mol. The predicted octanol–water partition coefficient (Wildman–Crippen LogP) is 5.26. The number of ether oxygens (including phenoxy) is 2. The van der Waals surface area contributed by atoms with Crippen molar-refractivity contribution < 1.29 is 33.0 Å². The summed E-state index contributed by atoms with van der Waals surface area (Å²) in [7, 11) is 1.33. The number of carboxylic acid groups (broad SMARTS) is 1. The van der Waals surface area contributed by atoms with E-state index in [1.54, 1.807) is 33.7 Å². The Kier molecular flexibility index (Phi) is 6.85. The number of carboxylic acids is 1. The Morgan fingerprint density at radius 1 is 1.24 bits per heavy atom. The third-order valence-electron chi connectivity index (χ3n) is 7.59. The van der Waals surface area contributed by atoms with Gasteiger partial charge in [0.2, 0.25) is 0 Å². The van der Waals surface area contributed by atoms with Gasteiger partial charge in [-0.05, 0) is 44.4 Å². The van der Waals surface area contributed by atoms with Gasteiger partial charge in [-0.15, -0.1) is 0 Å². The fourth-order valence-corrected chi connectivity index (χ4v) is 5.68. The molecule has 0 radical (unpaired) electrons. The number of hydrogen-bond acceptors (Lipinski definition) is 5. The molecule has 0 aliphatic carbocycles. The molecule has 1 aromatic heterocycles. The molecule has 2 aromatic carbocycles. The van der Waals surface area contributed by atoms with Gasteiger partial charge in [0.1, 0.15) is 12.4 Å². The first-order valence-electron chi connectivity index (χ1n) is 12.7. The summed E-state index contributed by atoms with van der Waals surface area (Å²) in [5.41, 5.74) is 4.30. The number of nitrogens with zero attached hydrogens (tertiary/aromatic N) is 3. The molecule has 0 bridgehead atoms. The van der Waals surface area contributed by atoms with Crippen molar-refractivity contribution in [1.29, 1.82) is 0 Å².